The molecule has 0 amide bonds. The molecule has 2 rings (SSSR count). The van der Waals surface area contributed by atoms with Gasteiger partial charge in [-0.2, -0.15) is 0 Å². The molecule has 3 unspecified atom stereocenters. The summed E-state index contributed by atoms with van der Waals surface area (Å²) in [4.78, 5) is 13.4. The van der Waals surface area contributed by atoms with Crippen LogP contribution >= 0.6 is 0 Å². The van der Waals surface area contributed by atoms with Gasteiger partial charge in [0.2, 0.25) is 0 Å². The number of hydrogen-bond donors (Lipinski definition) is 0. The summed E-state index contributed by atoms with van der Waals surface area (Å²) in [6.07, 6.45) is 6.13. The van der Waals surface area contributed by atoms with Crippen molar-refractivity contribution < 1.29 is 4.79 Å². The summed E-state index contributed by atoms with van der Waals surface area (Å²) in [7, 11) is 0. The number of carbonyl (C=O) groups is 1. The number of nitrogens with zero attached hydrogens (tertiary/aromatic N) is 1. The Balaban J connectivity index is 1.94. The van der Waals surface area contributed by atoms with Crippen LogP contribution in [0.4, 0.5) is 0 Å². The molecule has 2 fully saturated rings. The summed E-state index contributed by atoms with van der Waals surface area (Å²) in [6, 6.07) is 0.669. The number of rotatable bonds is 2. The van der Waals surface area contributed by atoms with Crippen molar-refractivity contribution in [1.82, 2.24) is 4.90 Å². The Morgan fingerprint density at radius 2 is 2.00 bits per heavy atom. The lowest BCUT2D eigenvalue weighted by Crippen LogP contribution is -2.46. The first-order valence-corrected chi connectivity index (χ1v) is 6.40. The number of fused-ring (bicyclic) bond motifs is 1. The van der Waals surface area contributed by atoms with Gasteiger partial charge in [-0.05, 0) is 57.9 Å². The first-order chi connectivity index (χ1) is 7.20. The summed E-state index contributed by atoms with van der Waals surface area (Å²) in [5.41, 5.74) is 0. The molecular weight excluding hydrogens is 186 g/mol. The minimum Gasteiger partial charge on any atom is -0.303 e. The van der Waals surface area contributed by atoms with Crippen LogP contribution in [0, 0.1) is 17.8 Å². The molecule has 0 aromatic heterocycles. The predicted octanol–water partition coefficient (Wildman–Crippen LogP) is 2.33. The van der Waals surface area contributed by atoms with Crippen LogP contribution in [0.1, 0.15) is 39.5 Å². The van der Waals surface area contributed by atoms with Crippen molar-refractivity contribution in [3.8, 4) is 0 Å². The number of aldehydes is 1. The van der Waals surface area contributed by atoms with Crippen molar-refractivity contribution in [2.75, 3.05) is 13.1 Å². The van der Waals surface area contributed by atoms with Gasteiger partial charge in [-0.15, -0.1) is 0 Å². The van der Waals surface area contributed by atoms with E-state index < -0.39 is 0 Å². The first-order valence-electron chi connectivity index (χ1n) is 6.40. The Labute approximate surface area is 93.0 Å². The normalized spacial score (nSPS) is 37.7. The molecule has 1 aliphatic heterocycles. The van der Waals surface area contributed by atoms with E-state index in [1.165, 1.54) is 32.2 Å². The molecule has 2 nitrogen and oxygen atoms in total. The summed E-state index contributed by atoms with van der Waals surface area (Å²) in [6.45, 7) is 7.05. The number of carbonyl (C=O) groups excluding carboxylic acids is 1. The van der Waals surface area contributed by atoms with Crippen LogP contribution in [0.15, 0.2) is 0 Å². The van der Waals surface area contributed by atoms with Crippen molar-refractivity contribution in [3.05, 3.63) is 0 Å². The van der Waals surface area contributed by atoms with Gasteiger partial charge in [-0.1, -0.05) is 0 Å². The summed E-state index contributed by atoms with van der Waals surface area (Å²) in [5, 5.41) is 0. The van der Waals surface area contributed by atoms with E-state index in [1.54, 1.807) is 0 Å². The van der Waals surface area contributed by atoms with E-state index in [2.05, 4.69) is 18.7 Å². The van der Waals surface area contributed by atoms with Crippen LogP contribution in [-0.4, -0.2) is 30.3 Å². The van der Waals surface area contributed by atoms with Crippen LogP contribution in [0.3, 0.4) is 0 Å². The molecule has 0 radical (unpaired) electrons. The van der Waals surface area contributed by atoms with Gasteiger partial charge in [0, 0.05) is 18.5 Å². The quantitative estimate of drug-likeness (QED) is 0.651. The molecule has 1 heterocycles. The fourth-order valence-electron chi connectivity index (χ4n) is 3.28. The zero-order valence-electron chi connectivity index (χ0n) is 9.98. The third kappa shape index (κ3) is 2.41. The molecule has 0 aromatic carbocycles. The highest BCUT2D eigenvalue weighted by Crippen LogP contribution is 2.38. The maximum atomic E-state index is 10.8. The maximum Gasteiger partial charge on any atom is 0.123 e. The molecule has 3 atom stereocenters. The van der Waals surface area contributed by atoms with Crippen molar-refractivity contribution in [2.24, 2.45) is 17.8 Å². The summed E-state index contributed by atoms with van der Waals surface area (Å²) in [5.74, 6) is 2.07. The van der Waals surface area contributed by atoms with Gasteiger partial charge in [0.1, 0.15) is 6.29 Å². The van der Waals surface area contributed by atoms with Crippen molar-refractivity contribution in [2.45, 2.75) is 45.6 Å². The number of likely N-dealkylation sites (tertiary alicyclic amines) is 1. The van der Waals surface area contributed by atoms with Gasteiger partial charge >= 0.3 is 0 Å². The fourth-order valence-corrected chi connectivity index (χ4v) is 3.28. The Morgan fingerprint density at radius 1 is 1.20 bits per heavy atom. The third-order valence-electron chi connectivity index (χ3n) is 4.36. The second-order valence-electron chi connectivity index (χ2n) is 5.61. The van der Waals surface area contributed by atoms with Gasteiger partial charge in [-0.25, -0.2) is 0 Å². The van der Waals surface area contributed by atoms with E-state index in [1.807, 2.05) is 0 Å². The SMILES string of the molecule is CC(C)N1CCC2CCC(C=O)CC2C1. The first kappa shape index (κ1) is 11.1. The molecule has 15 heavy (non-hydrogen) atoms. The largest absolute Gasteiger partial charge is 0.303 e. The van der Waals surface area contributed by atoms with Gasteiger partial charge < -0.3 is 9.69 Å². The molecule has 0 spiro atoms. The highest BCUT2D eigenvalue weighted by atomic mass is 16.1. The van der Waals surface area contributed by atoms with Gasteiger partial charge in [-0.3, -0.25) is 0 Å². The average molecular weight is 209 g/mol. The highest BCUT2D eigenvalue weighted by Gasteiger charge is 2.35. The molecule has 2 aliphatic rings. The average Bonchev–Trinajstić information content (AvgIpc) is 2.27. The Bertz CT molecular complexity index is 227. The second-order valence-corrected chi connectivity index (χ2v) is 5.61. The van der Waals surface area contributed by atoms with Crippen LogP contribution in [-0.2, 0) is 4.79 Å². The van der Waals surface area contributed by atoms with E-state index in [0.29, 0.717) is 12.0 Å². The van der Waals surface area contributed by atoms with Crippen LogP contribution in [0.2, 0.25) is 0 Å². The predicted molar refractivity (Wildman–Crippen MR) is 61.7 cm³/mol. The van der Waals surface area contributed by atoms with Gasteiger partial charge in [0.15, 0.2) is 0 Å². The Morgan fingerprint density at radius 3 is 2.67 bits per heavy atom. The van der Waals surface area contributed by atoms with E-state index in [9.17, 15) is 4.79 Å². The number of hydrogen-bond acceptors (Lipinski definition) is 2. The topological polar surface area (TPSA) is 20.3 Å². The Hall–Kier alpha value is -0.370. The standard InChI is InChI=1S/C13H23NO/c1-10(2)14-6-5-12-4-3-11(9-15)7-13(12)8-14/h9-13H,3-8H2,1-2H3. The molecule has 0 aromatic rings. The zero-order chi connectivity index (χ0) is 10.8. The monoisotopic (exact) mass is 209 g/mol. The molecule has 2 heteroatoms. The van der Waals surface area contributed by atoms with Gasteiger partial charge in [0.25, 0.3) is 0 Å². The zero-order valence-corrected chi connectivity index (χ0v) is 9.98. The second kappa shape index (κ2) is 4.65. The molecule has 86 valence electrons. The molecule has 0 N–H and O–H groups in total. The van der Waals surface area contributed by atoms with E-state index in [0.717, 1.165) is 24.7 Å². The molecule has 1 saturated heterocycles. The van der Waals surface area contributed by atoms with Crippen molar-refractivity contribution in [3.63, 3.8) is 0 Å². The van der Waals surface area contributed by atoms with E-state index in [4.69, 9.17) is 0 Å². The summed E-state index contributed by atoms with van der Waals surface area (Å²) < 4.78 is 0. The minimum absolute atomic E-state index is 0.360. The molecule has 1 saturated carbocycles. The molecular formula is C13H23NO. The van der Waals surface area contributed by atoms with Crippen LogP contribution < -0.4 is 0 Å². The lowest BCUT2D eigenvalue weighted by molar-refractivity contribution is -0.113. The van der Waals surface area contributed by atoms with Crippen LogP contribution in [0.25, 0.3) is 0 Å². The van der Waals surface area contributed by atoms with Crippen LogP contribution in [0.5, 0.6) is 0 Å². The smallest absolute Gasteiger partial charge is 0.123 e. The van der Waals surface area contributed by atoms with E-state index in [-0.39, 0.29) is 0 Å². The fraction of sp³-hybridized carbons (Fsp3) is 0.923. The highest BCUT2D eigenvalue weighted by molar-refractivity contribution is 5.53. The maximum absolute atomic E-state index is 10.8. The molecule has 1 aliphatic carbocycles. The summed E-state index contributed by atoms with van der Waals surface area (Å²) >= 11 is 0. The minimum atomic E-state index is 0.360. The third-order valence-corrected chi connectivity index (χ3v) is 4.36. The van der Waals surface area contributed by atoms with E-state index >= 15 is 0 Å². The lowest BCUT2D eigenvalue weighted by Gasteiger charge is -2.44. The van der Waals surface area contributed by atoms with Crippen molar-refractivity contribution >= 4 is 6.29 Å². The molecule has 0 bridgehead atoms. The van der Waals surface area contributed by atoms with Crippen molar-refractivity contribution in [1.29, 1.82) is 0 Å². The lowest BCUT2D eigenvalue weighted by atomic mass is 9.71. The number of piperidine rings is 1. The Kier molecular flexibility index (Phi) is 3.45. The van der Waals surface area contributed by atoms with Gasteiger partial charge in [0.05, 0.1) is 0 Å².